The van der Waals surface area contributed by atoms with Gasteiger partial charge in [0.15, 0.2) is 0 Å². The molecule has 0 N–H and O–H groups in total. The van der Waals surface area contributed by atoms with Crippen molar-refractivity contribution in [3.05, 3.63) is 29.8 Å². The molecule has 1 heterocycles. The number of nitrogens with zero attached hydrogens (tertiary/aromatic N) is 2. The van der Waals surface area contributed by atoms with E-state index in [2.05, 4.69) is 0 Å². The van der Waals surface area contributed by atoms with E-state index in [1.165, 1.54) is 0 Å². The van der Waals surface area contributed by atoms with Crippen molar-refractivity contribution in [3.8, 4) is 0 Å². The van der Waals surface area contributed by atoms with Crippen molar-refractivity contribution in [2.45, 2.75) is 6.92 Å². The van der Waals surface area contributed by atoms with Gasteiger partial charge in [0.1, 0.15) is 13.2 Å². The maximum absolute atomic E-state index is 12.2. The van der Waals surface area contributed by atoms with Gasteiger partial charge in [0.05, 0.1) is 13.2 Å². The first kappa shape index (κ1) is 16.5. The zero-order chi connectivity index (χ0) is 15.9. The lowest BCUT2D eigenvalue weighted by atomic mass is 10.2. The highest BCUT2D eigenvalue weighted by Crippen LogP contribution is 2.18. The smallest absolute Gasteiger partial charge is 0.249 e. The molecule has 22 heavy (non-hydrogen) atoms. The van der Waals surface area contributed by atoms with E-state index in [0.717, 1.165) is 11.3 Å². The minimum atomic E-state index is -0.159. The van der Waals surface area contributed by atoms with Crippen molar-refractivity contribution in [2.75, 3.05) is 51.5 Å². The molecule has 2 rings (SSSR count). The number of methoxy groups -OCH3 is 1. The molecule has 0 aliphatic carbocycles. The van der Waals surface area contributed by atoms with E-state index in [-0.39, 0.29) is 25.0 Å². The van der Waals surface area contributed by atoms with E-state index < -0.39 is 0 Å². The Balaban J connectivity index is 1.85. The van der Waals surface area contributed by atoms with Crippen LogP contribution in [0.3, 0.4) is 0 Å². The summed E-state index contributed by atoms with van der Waals surface area (Å²) in [5.41, 5.74) is 2.03. The second-order valence-corrected chi connectivity index (χ2v) is 5.24. The summed E-state index contributed by atoms with van der Waals surface area (Å²) in [5, 5.41) is 0. The van der Waals surface area contributed by atoms with Crippen LogP contribution < -0.4 is 4.90 Å². The molecule has 0 saturated carbocycles. The van der Waals surface area contributed by atoms with Gasteiger partial charge in [-0.25, -0.2) is 0 Å². The summed E-state index contributed by atoms with van der Waals surface area (Å²) < 4.78 is 10.1. The maximum atomic E-state index is 12.2. The van der Waals surface area contributed by atoms with Gasteiger partial charge >= 0.3 is 0 Å². The number of benzene rings is 1. The number of aryl methyl sites for hydroxylation is 1. The third-order valence-corrected chi connectivity index (χ3v) is 3.58. The number of amides is 2. The highest BCUT2D eigenvalue weighted by Gasteiger charge is 2.27. The number of hydrogen-bond acceptors (Lipinski definition) is 4. The largest absolute Gasteiger partial charge is 0.382 e. The second-order valence-electron chi connectivity index (χ2n) is 5.24. The molecule has 0 aromatic heterocycles. The van der Waals surface area contributed by atoms with Gasteiger partial charge in [0, 0.05) is 25.9 Å². The SMILES string of the molecule is COCCOCC(=O)N1CCN(c2ccc(C)cc2)C(=O)C1. The molecule has 0 bridgehead atoms. The van der Waals surface area contributed by atoms with E-state index in [4.69, 9.17) is 9.47 Å². The Hall–Kier alpha value is -1.92. The molecule has 0 unspecified atom stereocenters. The van der Waals surface area contributed by atoms with E-state index >= 15 is 0 Å². The summed E-state index contributed by atoms with van der Waals surface area (Å²) in [4.78, 5) is 27.5. The summed E-state index contributed by atoms with van der Waals surface area (Å²) in [6.45, 7) is 3.94. The predicted octanol–water partition coefficient (Wildman–Crippen LogP) is 0.833. The predicted molar refractivity (Wildman–Crippen MR) is 82.8 cm³/mol. The lowest BCUT2D eigenvalue weighted by Gasteiger charge is -2.34. The van der Waals surface area contributed by atoms with Crippen LogP contribution in [0, 0.1) is 6.92 Å². The summed E-state index contributed by atoms with van der Waals surface area (Å²) in [6, 6.07) is 7.81. The molecule has 120 valence electrons. The topological polar surface area (TPSA) is 59.1 Å². The van der Waals surface area contributed by atoms with E-state index in [9.17, 15) is 9.59 Å². The summed E-state index contributed by atoms with van der Waals surface area (Å²) >= 11 is 0. The van der Waals surface area contributed by atoms with Gasteiger partial charge in [0.2, 0.25) is 11.8 Å². The third-order valence-electron chi connectivity index (χ3n) is 3.58. The van der Waals surface area contributed by atoms with Crippen LogP contribution in [0.2, 0.25) is 0 Å². The average Bonchev–Trinajstić information content (AvgIpc) is 2.52. The van der Waals surface area contributed by atoms with Gasteiger partial charge in [-0.1, -0.05) is 17.7 Å². The summed E-state index contributed by atoms with van der Waals surface area (Å²) in [6.07, 6.45) is 0. The minimum absolute atomic E-state index is 0.0127. The van der Waals surface area contributed by atoms with Gasteiger partial charge in [-0.05, 0) is 19.1 Å². The van der Waals surface area contributed by atoms with Crippen LogP contribution in [0.25, 0.3) is 0 Å². The molecular formula is C16H22N2O4. The number of carbonyl (C=O) groups is 2. The first-order valence-corrected chi connectivity index (χ1v) is 7.33. The Bertz CT molecular complexity index is 515. The lowest BCUT2D eigenvalue weighted by molar-refractivity contribution is -0.141. The number of piperazine rings is 1. The molecule has 6 nitrogen and oxygen atoms in total. The number of rotatable bonds is 6. The number of ether oxygens (including phenoxy) is 2. The van der Waals surface area contributed by atoms with Gasteiger partial charge in [0.25, 0.3) is 0 Å². The maximum Gasteiger partial charge on any atom is 0.249 e. The zero-order valence-corrected chi connectivity index (χ0v) is 13.1. The fraction of sp³-hybridized carbons (Fsp3) is 0.500. The summed E-state index contributed by atoms with van der Waals surface area (Å²) in [7, 11) is 1.58. The van der Waals surface area contributed by atoms with Crippen molar-refractivity contribution in [1.82, 2.24) is 4.90 Å². The zero-order valence-electron chi connectivity index (χ0n) is 13.1. The van der Waals surface area contributed by atoms with Crippen LogP contribution in [-0.4, -0.2) is 63.3 Å². The molecule has 0 atom stereocenters. The lowest BCUT2D eigenvalue weighted by Crippen LogP contribution is -2.53. The molecule has 0 radical (unpaired) electrons. The first-order valence-electron chi connectivity index (χ1n) is 7.33. The minimum Gasteiger partial charge on any atom is -0.382 e. The summed E-state index contributed by atoms with van der Waals surface area (Å²) in [5.74, 6) is -0.228. The van der Waals surface area contributed by atoms with E-state index in [1.54, 1.807) is 16.9 Å². The Morgan fingerprint density at radius 1 is 1.18 bits per heavy atom. The van der Waals surface area contributed by atoms with Gasteiger partial charge < -0.3 is 19.3 Å². The Morgan fingerprint density at radius 3 is 2.55 bits per heavy atom. The first-order chi connectivity index (χ1) is 10.6. The van der Waals surface area contributed by atoms with Crippen LogP contribution in [0.4, 0.5) is 5.69 Å². The van der Waals surface area contributed by atoms with Crippen LogP contribution in [0.15, 0.2) is 24.3 Å². The standard InChI is InChI=1S/C16H22N2O4/c1-13-3-5-14(6-4-13)18-8-7-17(11-15(18)19)16(20)12-22-10-9-21-2/h3-6H,7-12H2,1-2H3. The average molecular weight is 306 g/mol. The third kappa shape index (κ3) is 4.29. The number of anilines is 1. The van der Waals surface area contributed by atoms with Crippen molar-refractivity contribution >= 4 is 17.5 Å². The van der Waals surface area contributed by atoms with Crippen LogP contribution in [0.5, 0.6) is 0 Å². The molecule has 1 aromatic rings. The fourth-order valence-corrected chi connectivity index (χ4v) is 2.28. The van der Waals surface area contributed by atoms with E-state index in [0.29, 0.717) is 26.3 Å². The van der Waals surface area contributed by atoms with Crippen LogP contribution in [0.1, 0.15) is 5.56 Å². The number of carbonyl (C=O) groups excluding carboxylic acids is 2. The number of hydrogen-bond donors (Lipinski definition) is 0. The molecular weight excluding hydrogens is 284 g/mol. The van der Waals surface area contributed by atoms with Crippen molar-refractivity contribution in [3.63, 3.8) is 0 Å². The molecule has 1 saturated heterocycles. The van der Waals surface area contributed by atoms with Crippen molar-refractivity contribution in [2.24, 2.45) is 0 Å². The molecule has 1 aromatic carbocycles. The van der Waals surface area contributed by atoms with Gasteiger partial charge in [-0.15, -0.1) is 0 Å². The second kappa shape index (κ2) is 7.91. The highest BCUT2D eigenvalue weighted by molar-refractivity contribution is 5.98. The Labute approximate surface area is 130 Å². The van der Waals surface area contributed by atoms with Crippen LogP contribution in [-0.2, 0) is 19.1 Å². The molecule has 1 aliphatic rings. The normalized spacial score (nSPS) is 15.3. The van der Waals surface area contributed by atoms with Gasteiger partial charge in [-0.2, -0.15) is 0 Å². The molecule has 6 heteroatoms. The monoisotopic (exact) mass is 306 g/mol. The Morgan fingerprint density at radius 2 is 1.91 bits per heavy atom. The molecule has 2 amide bonds. The molecule has 1 aliphatic heterocycles. The van der Waals surface area contributed by atoms with Gasteiger partial charge in [-0.3, -0.25) is 9.59 Å². The van der Waals surface area contributed by atoms with E-state index in [1.807, 2.05) is 31.2 Å². The molecule has 0 spiro atoms. The fourth-order valence-electron chi connectivity index (χ4n) is 2.28. The quantitative estimate of drug-likeness (QED) is 0.731. The highest BCUT2D eigenvalue weighted by atomic mass is 16.5. The van der Waals surface area contributed by atoms with Crippen LogP contribution >= 0.6 is 0 Å². The van der Waals surface area contributed by atoms with Crippen molar-refractivity contribution < 1.29 is 19.1 Å². The molecule has 1 fully saturated rings. The van der Waals surface area contributed by atoms with Crippen molar-refractivity contribution in [1.29, 1.82) is 0 Å². The Kier molecular flexibility index (Phi) is 5.91.